The quantitative estimate of drug-likeness (QED) is 0.573. The van der Waals surface area contributed by atoms with E-state index in [1.54, 1.807) is 24.3 Å². The number of benzene rings is 2. The summed E-state index contributed by atoms with van der Waals surface area (Å²) in [5.74, 6) is -0.122. The third kappa shape index (κ3) is 4.55. The molecule has 0 spiro atoms. The van der Waals surface area contributed by atoms with Crippen molar-refractivity contribution in [2.75, 3.05) is 10.0 Å². The summed E-state index contributed by atoms with van der Waals surface area (Å²) in [4.78, 5) is 21.0. The molecule has 1 amide bonds. The fourth-order valence-electron chi connectivity index (χ4n) is 3.91. The lowest BCUT2D eigenvalue weighted by atomic mass is 9.78. The minimum Gasteiger partial charge on any atom is -0.325 e. The molecule has 9 heteroatoms. The van der Waals surface area contributed by atoms with Gasteiger partial charge >= 0.3 is 0 Å². The number of amides is 1. The molecule has 1 fully saturated rings. The summed E-state index contributed by atoms with van der Waals surface area (Å²) in [5, 5.41) is 3.55. The predicted octanol–water partition coefficient (Wildman–Crippen LogP) is 4.38. The molecule has 1 aromatic heterocycles. The van der Waals surface area contributed by atoms with Gasteiger partial charge in [-0.25, -0.2) is 23.1 Å². The fourth-order valence-corrected chi connectivity index (χ4v) is 5.06. The second-order valence-electron chi connectivity index (χ2n) is 7.46. The van der Waals surface area contributed by atoms with Crippen molar-refractivity contribution < 1.29 is 13.2 Å². The van der Waals surface area contributed by atoms with Crippen LogP contribution in [0.25, 0.3) is 0 Å². The highest BCUT2D eigenvalue weighted by atomic mass is 35.5. The number of sulfonamides is 1. The number of nitrogens with zero attached hydrogens (tertiary/aromatic N) is 2. The molecular weight excluding hydrogens is 436 g/mol. The van der Waals surface area contributed by atoms with E-state index in [4.69, 9.17) is 11.6 Å². The van der Waals surface area contributed by atoms with Gasteiger partial charge in [-0.15, -0.1) is 0 Å². The van der Waals surface area contributed by atoms with Crippen LogP contribution in [-0.4, -0.2) is 24.3 Å². The summed E-state index contributed by atoms with van der Waals surface area (Å²) in [6.07, 6.45) is 6.30. The maximum absolute atomic E-state index is 13.3. The van der Waals surface area contributed by atoms with E-state index in [0.717, 1.165) is 31.2 Å². The topological polar surface area (TPSA) is 101 Å². The van der Waals surface area contributed by atoms with Gasteiger partial charge in [-0.1, -0.05) is 36.6 Å². The molecule has 0 aliphatic heterocycles. The summed E-state index contributed by atoms with van der Waals surface area (Å²) >= 11 is 6.16. The number of aromatic nitrogens is 2. The molecule has 31 heavy (non-hydrogen) atoms. The van der Waals surface area contributed by atoms with Gasteiger partial charge in [0.2, 0.25) is 11.9 Å². The first-order valence-electron chi connectivity index (χ1n) is 9.86. The summed E-state index contributed by atoms with van der Waals surface area (Å²) in [6.45, 7) is 0. The molecule has 0 saturated heterocycles. The molecule has 1 heterocycles. The first-order chi connectivity index (χ1) is 14.9. The van der Waals surface area contributed by atoms with Crippen molar-refractivity contribution >= 4 is 39.2 Å². The Hall–Kier alpha value is -2.97. The molecule has 1 aliphatic rings. The van der Waals surface area contributed by atoms with Gasteiger partial charge in [0.25, 0.3) is 10.0 Å². The van der Waals surface area contributed by atoms with Crippen LogP contribution < -0.4 is 10.0 Å². The number of hydrogen-bond donors (Lipinski definition) is 2. The van der Waals surface area contributed by atoms with E-state index in [1.165, 1.54) is 24.5 Å². The molecule has 1 saturated carbocycles. The summed E-state index contributed by atoms with van der Waals surface area (Å²) in [5.41, 5.74) is 0.788. The van der Waals surface area contributed by atoms with E-state index < -0.39 is 15.4 Å². The van der Waals surface area contributed by atoms with Gasteiger partial charge in [0.1, 0.15) is 0 Å². The van der Waals surface area contributed by atoms with Gasteiger partial charge in [-0.3, -0.25) is 4.79 Å². The summed E-state index contributed by atoms with van der Waals surface area (Å²) < 4.78 is 27.4. The van der Waals surface area contributed by atoms with Crippen molar-refractivity contribution in [2.24, 2.45) is 0 Å². The molecule has 4 rings (SSSR count). The van der Waals surface area contributed by atoms with Crippen molar-refractivity contribution in [1.82, 2.24) is 9.97 Å². The first kappa shape index (κ1) is 21.3. The van der Waals surface area contributed by atoms with Crippen LogP contribution in [0.15, 0.2) is 71.9 Å². The number of carbonyl (C=O) groups is 1. The van der Waals surface area contributed by atoms with E-state index >= 15 is 0 Å². The average Bonchev–Trinajstić information content (AvgIpc) is 3.26. The second kappa shape index (κ2) is 8.64. The highest BCUT2D eigenvalue weighted by Crippen LogP contribution is 2.42. The Kier molecular flexibility index (Phi) is 5.93. The molecule has 0 unspecified atom stereocenters. The van der Waals surface area contributed by atoms with Gasteiger partial charge in [0.05, 0.1) is 10.3 Å². The number of halogens is 1. The Morgan fingerprint density at radius 1 is 0.968 bits per heavy atom. The van der Waals surface area contributed by atoms with E-state index in [9.17, 15) is 13.2 Å². The monoisotopic (exact) mass is 456 g/mol. The van der Waals surface area contributed by atoms with Crippen LogP contribution in [0.4, 0.5) is 11.6 Å². The number of carbonyl (C=O) groups excluding carboxylic acids is 1. The van der Waals surface area contributed by atoms with Crippen molar-refractivity contribution in [2.45, 2.75) is 36.0 Å². The Morgan fingerprint density at radius 3 is 2.29 bits per heavy atom. The Labute approximate surface area is 185 Å². The number of hydrogen-bond acceptors (Lipinski definition) is 5. The molecule has 160 valence electrons. The van der Waals surface area contributed by atoms with Gasteiger partial charge in [0.15, 0.2) is 0 Å². The van der Waals surface area contributed by atoms with Crippen molar-refractivity contribution in [3.8, 4) is 0 Å². The van der Waals surface area contributed by atoms with Gasteiger partial charge in [-0.2, -0.15) is 0 Å². The van der Waals surface area contributed by atoms with E-state index in [-0.39, 0.29) is 16.8 Å². The van der Waals surface area contributed by atoms with Crippen molar-refractivity contribution in [3.63, 3.8) is 0 Å². The van der Waals surface area contributed by atoms with Gasteiger partial charge < -0.3 is 5.32 Å². The zero-order chi connectivity index (χ0) is 21.9. The zero-order valence-corrected chi connectivity index (χ0v) is 18.2. The van der Waals surface area contributed by atoms with Gasteiger partial charge in [-0.05, 0) is 60.9 Å². The Morgan fingerprint density at radius 2 is 1.65 bits per heavy atom. The second-order valence-corrected chi connectivity index (χ2v) is 9.57. The van der Waals surface area contributed by atoms with E-state index in [0.29, 0.717) is 10.7 Å². The van der Waals surface area contributed by atoms with Crippen LogP contribution in [0.2, 0.25) is 5.02 Å². The van der Waals surface area contributed by atoms with Crippen LogP contribution in [0, 0.1) is 0 Å². The molecule has 3 aromatic rings. The zero-order valence-electron chi connectivity index (χ0n) is 16.6. The smallest absolute Gasteiger partial charge is 0.264 e. The molecule has 1 aliphatic carbocycles. The first-order valence-corrected chi connectivity index (χ1v) is 11.7. The molecule has 7 nitrogen and oxygen atoms in total. The van der Waals surface area contributed by atoms with E-state index in [2.05, 4.69) is 20.0 Å². The molecule has 2 aromatic carbocycles. The normalized spacial score (nSPS) is 15.4. The van der Waals surface area contributed by atoms with E-state index in [1.807, 2.05) is 18.2 Å². The molecular formula is C22H21ClN4O3S. The molecule has 0 radical (unpaired) electrons. The highest BCUT2D eigenvalue weighted by Gasteiger charge is 2.42. The third-order valence-corrected chi connectivity index (χ3v) is 7.06. The molecule has 0 bridgehead atoms. The maximum atomic E-state index is 13.3. The molecule has 2 N–H and O–H groups in total. The maximum Gasteiger partial charge on any atom is 0.264 e. The SMILES string of the molecule is O=C(Nc1ccc(S(=O)(=O)Nc2ncccn2)cc1)C1(c2cccc(Cl)c2)CCCC1. The lowest BCUT2D eigenvalue weighted by molar-refractivity contribution is -0.121. The predicted molar refractivity (Wildman–Crippen MR) is 120 cm³/mol. The fraction of sp³-hybridized carbons (Fsp3) is 0.227. The van der Waals surface area contributed by atoms with Gasteiger partial charge in [0, 0.05) is 23.1 Å². The highest BCUT2D eigenvalue weighted by molar-refractivity contribution is 7.92. The minimum absolute atomic E-state index is 0.00965. The Balaban J connectivity index is 1.52. The van der Waals surface area contributed by atoms with Crippen molar-refractivity contribution in [1.29, 1.82) is 0 Å². The summed E-state index contributed by atoms with van der Waals surface area (Å²) in [6, 6.07) is 15.0. The third-order valence-electron chi connectivity index (χ3n) is 5.48. The standard InChI is InChI=1S/C22H21ClN4O3S/c23-17-6-3-5-16(15-17)22(11-1-2-12-22)20(28)26-18-7-9-19(10-8-18)31(29,30)27-21-24-13-4-14-25-21/h3-10,13-15H,1-2,11-12H2,(H,26,28)(H,24,25,27). The minimum atomic E-state index is -3.84. The lowest BCUT2D eigenvalue weighted by Crippen LogP contribution is -2.38. The van der Waals surface area contributed by atoms with Crippen LogP contribution in [0.5, 0.6) is 0 Å². The van der Waals surface area contributed by atoms with Crippen molar-refractivity contribution in [3.05, 3.63) is 77.6 Å². The largest absolute Gasteiger partial charge is 0.325 e. The average molecular weight is 457 g/mol. The lowest BCUT2D eigenvalue weighted by Gasteiger charge is -2.28. The van der Waals surface area contributed by atoms with Crippen LogP contribution >= 0.6 is 11.6 Å². The van der Waals surface area contributed by atoms with Crippen LogP contribution in [0.1, 0.15) is 31.2 Å². The molecule has 0 atom stereocenters. The Bertz CT molecular complexity index is 1180. The van der Waals surface area contributed by atoms with Crippen LogP contribution in [-0.2, 0) is 20.2 Å². The summed E-state index contributed by atoms with van der Waals surface area (Å²) in [7, 11) is -3.84. The number of nitrogens with one attached hydrogen (secondary N) is 2. The number of anilines is 2. The number of rotatable bonds is 6. The van der Waals surface area contributed by atoms with Crippen LogP contribution in [0.3, 0.4) is 0 Å².